The molecule has 1 unspecified atom stereocenters. The van der Waals surface area contributed by atoms with Gasteiger partial charge in [-0.15, -0.1) is 0 Å². The summed E-state index contributed by atoms with van der Waals surface area (Å²) in [5, 5.41) is 3.30. The van der Waals surface area contributed by atoms with Gasteiger partial charge >= 0.3 is 0 Å². The molecular formula is C20H23ClN2O3S. The summed E-state index contributed by atoms with van der Waals surface area (Å²) < 4.78 is 28.1. The van der Waals surface area contributed by atoms with Crippen LogP contribution in [0.15, 0.2) is 53.4 Å². The second-order valence-corrected chi connectivity index (χ2v) is 9.12. The molecule has 5 nitrogen and oxygen atoms in total. The molecule has 1 aliphatic heterocycles. The normalized spacial score (nSPS) is 18.2. The smallest absolute Gasteiger partial charge is 0.244 e. The Hall–Kier alpha value is -1.89. The Balaban J connectivity index is 2.02. The first-order valence-corrected chi connectivity index (χ1v) is 10.8. The highest BCUT2D eigenvalue weighted by atomic mass is 35.5. The molecule has 2 aromatic carbocycles. The van der Waals surface area contributed by atoms with Gasteiger partial charge in [-0.05, 0) is 56.0 Å². The van der Waals surface area contributed by atoms with Crippen molar-refractivity contribution >= 4 is 27.5 Å². The Labute approximate surface area is 165 Å². The zero-order valence-corrected chi connectivity index (χ0v) is 16.8. The van der Waals surface area contributed by atoms with E-state index in [9.17, 15) is 13.2 Å². The van der Waals surface area contributed by atoms with E-state index < -0.39 is 16.1 Å². The van der Waals surface area contributed by atoms with Crippen molar-refractivity contribution in [2.75, 3.05) is 6.54 Å². The maximum Gasteiger partial charge on any atom is 0.244 e. The molecule has 27 heavy (non-hydrogen) atoms. The summed E-state index contributed by atoms with van der Waals surface area (Å²) in [6.07, 6.45) is 2.15. The number of sulfonamides is 1. The fourth-order valence-electron chi connectivity index (χ4n) is 3.29. The van der Waals surface area contributed by atoms with E-state index in [4.69, 9.17) is 11.6 Å². The average molecular weight is 407 g/mol. The third-order valence-corrected chi connectivity index (χ3v) is 6.82. The van der Waals surface area contributed by atoms with Crippen molar-refractivity contribution in [2.45, 2.75) is 43.7 Å². The van der Waals surface area contributed by atoms with Crippen LogP contribution >= 0.6 is 11.6 Å². The Morgan fingerprint density at radius 3 is 2.59 bits per heavy atom. The fourth-order valence-corrected chi connectivity index (χ4v) is 5.03. The molecule has 2 aromatic rings. The lowest BCUT2D eigenvalue weighted by molar-refractivity contribution is -0.124. The minimum Gasteiger partial charge on any atom is -0.355 e. The third-order valence-electron chi connectivity index (χ3n) is 4.69. The molecule has 7 heteroatoms. The maximum absolute atomic E-state index is 13.4. The summed E-state index contributed by atoms with van der Waals surface area (Å²) in [5.41, 5.74) is 1.89. The first-order valence-electron chi connectivity index (χ1n) is 8.98. The summed E-state index contributed by atoms with van der Waals surface area (Å²) in [6, 6.07) is 13.0. The number of aryl methyl sites for hydroxylation is 1. The standard InChI is InChI=1S/C20H23ClN2O3S/c1-15-5-4-6-16(13-15)14-23(19-7-2-3-12-22-20(19)24)27(25,26)18-10-8-17(21)9-11-18/h4-6,8-11,13,19H,2-3,7,12,14H2,1H3,(H,22,24). The van der Waals surface area contributed by atoms with E-state index in [1.165, 1.54) is 16.4 Å². The van der Waals surface area contributed by atoms with Gasteiger partial charge in [0.1, 0.15) is 6.04 Å². The first-order chi connectivity index (χ1) is 12.9. The molecule has 0 saturated carbocycles. The van der Waals surface area contributed by atoms with Crippen LogP contribution in [0.1, 0.15) is 30.4 Å². The summed E-state index contributed by atoms with van der Waals surface area (Å²) in [6.45, 7) is 2.68. The number of nitrogens with one attached hydrogen (secondary N) is 1. The minimum absolute atomic E-state index is 0.136. The highest BCUT2D eigenvalue weighted by Gasteiger charge is 2.36. The zero-order chi connectivity index (χ0) is 19.4. The third kappa shape index (κ3) is 4.69. The SMILES string of the molecule is Cc1cccc(CN(C2CCCCNC2=O)S(=O)(=O)c2ccc(Cl)cc2)c1. The lowest BCUT2D eigenvalue weighted by Crippen LogP contribution is -2.48. The van der Waals surface area contributed by atoms with Crippen LogP contribution in [0.3, 0.4) is 0 Å². The molecule has 1 heterocycles. The number of rotatable bonds is 5. The van der Waals surface area contributed by atoms with Gasteiger partial charge < -0.3 is 5.32 Å². The Morgan fingerprint density at radius 2 is 1.89 bits per heavy atom. The molecule has 0 aromatic heterocycles. The van der Waals surface area contributed by atoms with E-state index in [0.717, 1.165) is 24.0 Å². The second-order valence-electron chi connectivity index (χ2n) is 6.80. The van der Waals surface area contributed by atoms with E-state index in [2.05, 4.69) is 5.32 Å². The van der Waals surface area contributed by atoms with Crippen molar-refractivity contribution in [1.29, 1.82) is 0 Å². The van der Waals surface area contributed by atoms with Gasteiger partial charge in [-0.3, -0.25) is 4.79 Å². The molecule has 0 spiro atoms. The van der Waals surface area contributed by atoms with E-state index in [-0.39, 0.29) is 17.3 Å². The van der Waals surface area contributed by atoms with Crippen molar-refractivity contribution in [1.82, 2.24) is 9.62 Å². The summed E-state index contributed by atoms with van der Waals surface area (Å²) in [5.74, 6) is -0.238. The molecule has 1 fully saturated rings. The predicted octanol–water partition coefficient (Wildman–Crippen LogP) is 3.51. The van der Waals surface area contributed by atoms with Crippen molar-refractivity contribution < 1.29 is 13.2 Å². The summed E-state index contributed by atoms with van der Waals surface area (Å²) in [7, 11) is -3.86. The van der Waals surface area contributed by atoms with E-state index in [1.54, 1.807) is 12.1 Å². The Bertz CT molecular complexity index is 913. The van der Waals surface area contributed by atoms with Gasteiger partial charge in [-0.2, -0.15) is 4.31 Å². The van der Waals surface area contributed by atoms with Crippen molar-refractivity contribution in [3.63, 3.8) is 0 Å². The number of benzene rings is 2. The highest BCUT2D eigenvalue weighted by Crippen LogP contribution is 2.26. The topological polar surface area (TPSA) is 66.5 Å². The number of amides is 1. The van der Waals surface area contributed by atoms with Gasteiger partial charge in [-0.1, -0.05) is 41.4 Å². The van der Waals surface area contributed by atoms with Gasteiger partial charge in [0.25, 0.3) is 0 Å². The zero-order valence-electron chi connectivity index (χ0n) is 15.2. The Kier molecular flexibility index (Phi) is 6.19. The number of hydrogen-bond acceptors (Lipinski definition) is 3. The van der Waals surface area contributed by atoms with Crippen molar-refractivity contribution in [3.05, 3.63) is 64.7 Å². The number of carbonyl (C=O) groups is 1. The lowest BCUT2D eigenvalue weighted by atomic mass is 10.1. The average Bonchev–Trinajstić information content (AvgIpc) is 2.84. The van der Waals surface area contributed by atoms with Crippen LogP contribution in [-0.4, -0.2) is 31.2 Å². The van der Waals surface area contributed by atoms with Crippen LogP contribution in [0.25, 0.3) is 0 Å². The first kappa shape index (κ1) is 19.9. The van der Waals surface area contributed by atoms with Crippen molar-refractivity contribution in [2.24, 2.45) is 0 Å². The van der Waals surface area contributed by atoms with Crippen LogP contribution in [0.4, 0.5) is 0 Å². The molecule has 0 aliphatic carbocycles. The molecule has 144 valence electrons. The molecule has 1 atom stereocenters. The molecule has 0 radical (unpaired) electrons. The highest BCUT2D eigenvalue weighted by molar-refractivity contribution is 7.89. The largest absolute Gasteiger partial charge is 0.355 e. The monoisotopic (exact) mass is 406 g/mol. The molecule has 1 N–H and O–H groups in total. The van der Waals surface area contributed by atoms with E-state index in [0.29, 0.717) is 18.0 Å². The van der Waals surface area contributed by atoms with Crippen LogP contribution in [0, 0.1) is 6.92 Å². The second kappa shape index (κ2) is 8.42. The minimum atomic E-state index is -3.86. The van der Waals surface area contributed by atoms with Crippen LogP contribution in [0.2, 0.25) is 5.02 Å². The number of carbonyl (C=O) groups excluding carboxylic acids is 1. The quantitative estimate of drug-likeness (QED) is 0.826. The molecule has 0 bridgehead atoms. The Morgan fingerprint density at radius 1 is 1.15 bits per heavy atom. The van der Waals surface area contributed by atoms with Crippen LogP contribution in [-0.2, 0) is 21.4 Å². The molecule has 3 rings (SSSR count). The van der Waals surface area contributed by atoms with Gasteiger partial charge in [0.15, 0.2) is 0 Å². The van der Waals surface area contributed by atoms with Gasteiger partial charge in [0.05, 0.1) is 4.90 Å². The van der Waals surface area contributed by atoms with Gasteiger partial charge in [0, 0.05) is 18.1 Å². The van der Waals surface area contributed by atoms with E-state index in [1.807, 2.05) is 31.2 Å². The molecular weight excluding hydrogens is 384 g/mol. The van der Waals surface area contributed by atoms with E-state index >= 15 is 0 Å². The molecule has 1 saturated heterocycles. The summed E-state index contributed by atoms with van der Waals surface area (Å²) >= 11 is 5.91. The fraction of sp³-hybridized carbons (Fsp3) is 0.350. The number of nitrogens with zero attached hydrogens (tertiary/aromatic N) is 1. The lowest BCUT2D eigenvalue weighted by Gasteiger charge is -2.29. The number of hydrogen-bond donors (Lipinski definition) is 1. The van der Waals surface area contributed by atoms with Crippen LogP contribution in [0.5, 0.6) is 0 Å². The summed E-state index contributed by atoms with van der Waals surface area (Å²) in [4.78, 5) is 12.7. The van der Waals surface area contributed by atoms with Gasteiger partial charge in [0.2, 0.25) is 15.9 Å². The van der Waals surface area contributed by atoms with Gasteiger partial charge in [-0.25, -0.2) is 8.42 Å². The maximum atomic E-state index is 13.4. The van der Waals surface area contributed by atoms with Crippen molar-refractivity contribution in [3.8, 4) is 0 Å². The predicted molar refractivity (Wildman–Crippen MR) is 106 cm³/mol. The molecule has 1 amide bonds. The van der Waals surface area contributed by atoms with Crippen LogP contribution < -0.4 is 5.32 Å². The number of halogens is 1. The molecule has 1 aliphatic rings.